The Balaban J connectivity index is 1.64. The maximum atomic E-state index is 11.8. The van der Waals surface area contributed by atoms with Crippen LogP contribution in [-0.2, 0) is 9.53 Å². The first-order valence-electron chi connectivity index (χ1n) is 7.45. The third-order valence-electron chi connectivity index (χ3n) is 3.10. The van der Waals surface area contributed by atoms with Crippen LogP contribution in [0.25, 0.3) is 0 Å². The van der Waals surface area contributed by atoms with Crippen molar-refractivity contribution in [1.29, 1.82) is 0 Å². The van der Waals surface area contributed by atoms with Crippen molar-refractivity contribution in [3.05, 3.63) is 60.2 Å². The van der Waals surface area contributed by atoms with Crippen molar-refractivity contribution in [3.63, 3.8) is 0 Å². The van der Waals surface area contributed by atoms with Gasteiger partial charge >= 0.3 is 5.97 Å². The highest BCUT2D eigenvalue weighted by atomic mass is 32.2. The molecular weight excluding hydrogens is 326 g/mol. The minimum absolute atomic E-state index is 0.291. The van der Waals surface area contributed by atoms with Gasteiger partial charge in [-0.3, -0.25) is 4.79 Å². The van der Waals surface area contributed by atoms with E-state index in [2.05, 4.69) is 5.32 Å². The van der Waals surface area contributed by atoms with Gasteiger partial charge in [-0.25, -0.2) is 4.79 Å². The van der Waals surface area contributed by atoms with Crippen molar-refractivity contribution in [2.75, 3.05) is 26.0 Å². The molecule has 1 N–H and O–H groups in total. The Labute approximate surface area is 145 Å². The van der Waals surface area contributed by atoms with Crippen molar-refractivity contribution >= 4 is 23.6 Å². The van der Waals surface area contributed by atoms with Crippen LogP contribution in [0, 0.1) is 0 Å². The molecule has 0 aliphatic rings. The predicted molar refractivity (Wildman–Crippen MR) is 93.5 cm³/mol. The van der Waals surface area contributed by atoms with Crippen LogP contribution in [0.5, 0.6) is 5.75 Å². The van der Waals surface area contributed by atoms with Crippen LogP contribution in [0.4, 0.5) is 0 Å². The molecule has 0 saturated heterocycles. The second-order valence-electron chi connectivity index (χ2n) is 4.82. The van der Waals surface area contributed by atoms with E-state index in [1.165, 1.54) is 0 Å². The number of methoxy groups -OCH3 is 1. The summed E-state index contributed by atoms with van der Waals surface area (Å²) in [5.41, 5.74) is 0.378. The maximum absolute atomic E-state index is 11.8. The van der Waals surface area contributed by atoms with Crippen LogP contribution in [0.1, 0.15) is 10.4 Å². The monoisotopic (exact) mass is 345 g/mol. The summed E-state index contributed by atoms with van der Waals surface area (Å²) in [7, 11) is 1.55. The standard InChI is InChI=1S/C18H19NO4S/c1-22-15-9-7-14(8-10-15)18(21)23-13-17(20)19-11-12-24-16-5-3-2-4-6-16/h2-10H,11-13H2,1H3,(H,19,20). The summed E-state index contributed by atoms with van der Waals surface area (Å²) in [6.45, 7) is 0.222. The van der Waals surface area contributed by atoms with Crippen LogP contribution in [-0.4, -0.2) is 37.9 Å². The van der Waals surface area contributed by atoms with Gasteiger partial charge in [-0.05, 0) is 36.4 Å². The summed E-state index contributed by atoms with van der Waals surface area (Å²) in [4.78, 5) is 24.6. The number of thioether (sulfide) groups is 1. The van der Waals surface area contributed by atoms with Gasteiger partial charge in [0.2, 0.25) is 0 Å². The Hall–Kier alpha value is -2.47. The highest BCUT2D eigenvalue weighted by Crippen LogP contribution is 2.15. The Morgan fingerprint density at radius 3 is 2.42 bits per heavy atom. The summed E-state index contributed by atoms with van der Waals surface area (Å²) < 4.78 is 10.00. The second kappa shape index (κ2) is 9.62. The van der Waals surface area contributed by atoms with Crippen LogP contribution in [0.2, 0.25) is 0 Å². The van der Waals surface area contributed by atoms with Gasteiger partial charge in [0, 0.05) is 17.2 Å². The number of rotatable bonds is 8. The van der Waals surface area contributed by atoms with Gasteiger partial charge in [0.25, 0.3) is 5.91 Å². The average molecular weight is 345 g/mol. The van der Waals surface area contributed by atoms with Crippen molar-refractivity contribution < 1.29 is 19.1 Å². The van der Waals surface area contributed by atoms with E-state index < -0.39 is 5.97 Å². The SMILES string of the molecule is COc1ccc(C(=O)OCC(=O)NCCSc2ccccc2)cc1. The highest BCUT2D eigenvalue weighted by molar-refractivity contribution is 7.99. The zero-order chi connectivity index (χ0) is 17.2. The zero-order valence-corrected chi connectivity index (χ0v) is 14.2. The molecule has 0 aromatic heterocycles. The van der Waals surface area contributed by atoms with Gasteiger partial charge in [0.05, 0.1) is 12.7 Å². The minimum atomic E-state index is -0.536. The molecule has 0 fully saturated rings. The van der Waals surface area contributed by atoms with E-state index in [0.717, 1.165) is 10.6 Å². The van der Waals surface area contributed by atoms with Crippen molar-refractivity contribution in [1.82, 2.24) is 5.32 Å². The van der Waals surface area contributed by atoms with E-state index >= 15 is 0 Å². The second-order valence-corrected chi connectivity index (χ2v) is 5.98. The summed E-state index contributed by atoms with van der Waals surface area (Å²) >= 11 is 1.65. The average Bonchev–Trinajstić information content (AvgIpc) is 2.64. The van der Waals surface area contributed by atoms with Crippen LogP contribution in [0.3, 0.4) is 0 Å². The molecule has 0 aliphatic carbocycles. The first-order valence-corrected chi connectivity index (χ1v) is 8.43. The molecule has 2 aromatic rings. The molecular formula is C18H19NO4S. The molecule has 0 unspecified atom stereocenters. The lowest BCUT2D eigenvalue weighted by atomic mass is 10.2. The molecule has 6 heteroatoms. The minimum Gasteiger partial charge on any atom is -0.497 e. The third-order valence-corrected chi connectivity index (χ3v) is 4.11. The Kier molecular flexibility index (Phi) is 7.17. The molecule has 126 valence electrons. The zero-order valence-electron chi connectivity index (χ0n) is 13.4. The molecule has 0 radical (unpaired) electrons. The maximum Gasteiger partial charge on any atom is 0.338 e. The molecule has 2 rings (SSSR count). The lowest BCUT2D eigenvalue weighted by Crippen LogP contribution is -2.30. The molecule has 0 bridgehead atoms. The van der Waals surface area contributed by atoms with Crippen molar-refractivity contribution in [3.8, 4) is 5.75 Å². The molecule has 2 aromatic carbocycles. The molecule has 0 heterocycles. The number of hydrogen-bond acceptors (Lipinski definition) is 5. The van der Waals surface area contributed by atoms with Crippen LogP contribution in [0.15, 0.2) is 59.5 Å². The fourth-order valence-electron chi connectivity index (χ4n) is 1.87. The smallest absolute Gasteiger partial charge is 0.338 e. The highest BCUT2D eigenvalue weighted by Gasteiger charge is 2.10. The Morgan fingerprint density at radius 1 is 1.04 bits per heavy atom. The van der Waals surface area contributed by atoms with Crippen LogP contribution >= 0.6 is 11.8 Å². The number of esters is 1. The lowest BCUT2D eigenvalue weighted by Gasteiger charge is -2.07. The van der Waals surface area contributed by atoms with E-state index in [0.29, 0.717) is 17.9 Å². The number of benzene rings is 2. The van der Waals surface area contributed by atoms with Crippen molar-refractivity contribution in [2.45, 2.75) is 4.90 Å². The van der Waals surface area contributed by atoms with Gasteiger partial charge in [-0.2, -0.15) is 0 Å². The number of carbonyl (C=O) groups is 2. The number of carbonyl (C=O) groups excluding carboxylic acids is 2. The Bertz CT molecular complexity index is 658. The predicted octanol–water partition coefficient (Wildman–Crippen LogP) is 2.76. The van der Waals surface area contributed by atoms with Gasteiger partial charge in [0.15, 0.2) is 6.61 Å². The fourth-order valence-corrected chi connectivity index (χ4v) is 2.66. The summed E-state index contributed by atoms with van der Waals surface area (Å²) in [6, 6.07) is 16.5. The molecule has 0 atom stereocenters. The first-order chi connectivity index (χ1) is 11.7. The summed E-state index contributed by atoms with van der Waals surface area (Å²) in [6.07, 6.45) is 0. The number of amides is 1. The topological polar surface area (TPSA) is 64.6 Å². The normalized spacial score (nSPS) is 10.0. The number of ether oxygens (including phenoxy) is 2. The molecule has 1 amide bonds. The fraction of sp³-hybridized carbons (Fsp3) is 0.222. The quantitative estimate of drug-likeness (QED) is 0.453. The van der Waals surface area contributed by atoms with E-state index in [9.17, 15) is 9.59 Å². The molecule has 0 aliphatic heterocycles. The molecule has 24 heavy (non-hydrogen) atoms. The molecule has 0 saturated carbocycles. The van der Waals surface area contributed by atoms with Gasteiger partial charge in [-0.15, -0.1) is 11.8 Å². The third kappa shape index (κ3) is 5.96. The summed E-state index contributed by atoms with van der Waals surface area (Å²) in [5.74, 6) is 0.555. The van der Waals surface area contributed by atoms with E-state index in [1.54, 1.807) is 43.1 Å². The van der Waals surface area contributed by atoms with E-state index in [-0.39, 0.29) is 12.5 Å². The van der Waals surface area contributed by atoms with Gasteiger partial charge in [-0.1, -0.05) is 18.2 Å². The number of nitrogens with one attached hydrogen (secondary N) is 1. The van der Waals surface area contributed by atoms with Crippen molar-refractivity contribution in [2.24, 2.45) is 0 Å². The molecule has 0 spiro atoms. The Morgan fingerprint density at radius 2 is 1.75 bits per heavy atom. The largest absolute Gasteiger partial charge is 0.497 e. The van der Waals surface area contributed by atoms with E-state index in [4.69, 9.17) is 9.47 Å². The van der Waals surface area contributed by atoms with Gasteiger partial charge < -0.3 is 14.8 Å². The van der Waals surface area contributed by atoms with Crippen LogP contribution < -0.4 is 10.1 Å². The van der Waals surface area contributed by atoms with Gasteiger partial charge in [0.1, 0.15) is 5.75 Å². The molecule has 5 nitrogen and oxygen atoms in total. The lowest BCUT2D eigenvalue weighted by molar-refractivity contribution is -0.124. The van der Waals surface area contributed by atoms with E-state index in [1.807, 2.05) is 30.3 Å². The first kappa shape index (κ1) is 17.9. The number of hydrogen-bond donors (Lipinski definition) is 1. The summed E-state index contributed by atoms with van der Waals surface area (Å²) in [5, 5.41) is 2.72.